The molecule has 0 bridgehead atoms. The van der Waals surface area contributed by atoms with Crippen LogP contribution in [0.15, 0.2) is 16.6 Å². The van der Waals surface area contributed by atoms with Gasteiger partial charge in [-0.15, -0.1) is 0 Å². The van der Waals surface area contributed by atoms with Crippen molar-refractivity contribution in [3.05, 3.63) is 33.3 Å². The summed E-state index contributed by atoms with van der Waals surface area (Å²) >= 11 is 3.33. The number of esters is 1. The molecule has 0 aliphatic heterocycles. The monoisotopic (exact) mass is 370 g/mol. The van der Waals surface area contributed by atoms with Crippen LogP contribution in [0.5, 0.6) is 0 Å². The smallest absolute Gasteiger partial charge is 0.339 e. The Morgan fingerprint density at radius 1 is 1.27 bits per heavy atom. The zero-order chi connectivity index (χ0) is 16.9. The number of benzene rings is 1. The first-order valence-corrected chi connectivity index (χ1v) is 8.31. The van der Waals surface area contributed by atoms with Gasteiger partial charge >= 0.3 is 11.9 Å². The fourth-order valence-electron chi connectivity index (χ4n) is 2.16. The molecule has 0 heterocycles. The van der Waals surface area contributed by atoms with Gasteiger partial charge < -0.3 is 9.84 Å². The maximum Gasteiger partial charge on any atom is 0.339 e. The zero-order valence-corrected chi connectivity index (χ0v) is 15.1. The van der Waals surface area contributed by atoms with E-state index >= 15 is 0 Å². The fourth-order valence-corrected chi connectivity index (χ4v) is 2.51. The van der Waals surface area contributed by atoms with E-state index in [1.165, 1.54) is 12.1 Å². The Hall–Kier alpha value is -1.36. The summed E-state index contributed by atoms with van der Waals surface area (Å²) in [6.07, 6.45) is 2.58. The first-order chi connectivity index (χ1) is 10.3. The summed E-state index contributed by atoms with van der Waals surface area (Å²) in [7, 11) is 0. The van der Waals surface area contributed by atoms with Crippen molar-refractivity contribution in [3.63, 3.8) is 0 Å². The van der Waals surface area contributed by atoms with Gasteiger partial charge in [-0.1, -0.05) is 49.5 Å². The van der Waals surface area contributed by atoms with Crippen LogP contribution in [-0.4, -0.2) is 23.1 Å². The summed E-state index contributed by atoms with van der Waals surface area (Å²) in [5, 5.41) is 9.29. The minimum atomic E-state index is -1.13. The van der Waals surface area contributed by atoms with Gasteiger partial charge in [0.2, 0.25) is 0 Å². The normalized spacial score (nSPS) is 12.3. The van der Waals surface area contributed by atoms with Gasteiger partial charge in [-0.3, -0.25) is 0 Å². The Morgan fingerprint density at radius 2 is 1.91 bits per heavy atom. The molecule has 0 saturated carbocycles. The van der Waals surface area contributed by atoms with E-state index in [4.69, 9.17) is 4.74 Å². The van der Waals surface area contributed by atoms with Gasteiger partial charge in [0, 0.05) is 4.47 Å². The van der Waals surface area contributed by atoms with Gasteiger partial charge in [-0.2, -0.15) is 0 Å². The van der Waals surface area contributed by atoms with Gasteiger partial charge in [0.1, 0.15) is 6.10 Å². The molecule has 0 aliphatic rings. The number of aryl methyl sites for hydroxylation is 1. The molecule has 0 saturated heterocycles. The molecular weight excluding hydrogens is 348 g/mol. The molecule has 0 spiro atoms. The minimum Gasteiger partial charge on any atom is -0.478 e. The van der Waals surface area contributed by atoms with E-state index in [0.717, 1.165) is 24.8 Å². The van der Waals surface area contributed by atoms with Crippen molar-refractivity contribution in [1.82, 2.24) is 0 Å². The second-order valence-corrected chi connectivity index (χ2v) is 6.64. The lowest BCUT2D eigenvalue weighted by Crippen LogP contribution is -2.25. The van der Waals surface area contributed by atoms with Crippen LogP contribution in [0.2, 0.25) is 0 Å². The number of aromatic carboxylic acids is 1. The second kappa shape index (κ2) is 8.32. The molecule has 0 aromatic heterocycles. The molecule has 1 N–H and O–H groups in total. The number of carbonyl (C=O) groups excluding carboxylic acids is 1. The lowest BCUT2D eigenvalue weighted by molar-refractivity contribution is 0.0149. The number of hydrogen-bond donors (Lipinski definition) is 1. The fraction of sp³-hybridized carbons (Fsp3) is 0.529. The largest absolute Gasteiger partial charge is 0.478 e. The topological polar surface area (TPSA) is 63.6 Å². The summed E-state index contributed by atoms with van der Waals surface area (Å²) in [5.41, 5.74) is 0.830. The first kappa shape index (κ1) is 18.7. The van der Waals surface area contributed by atoms with Crippen molar-refractivity contribution in [2.24, 2.45) is 5.92 Å². The SMILES string of the molecule is CCCCC(OC(=O)c1cc(Br)c(C)cc1C(=O)O)C(C)C. The summed E-state index contributed by atoms with van der Waals surface area (Å²) in [5.74, 6) is -1.51. The van der Waals surface area contributed by atoms with Crippen LogP contribution in [0, 0.1) is 12.8 Å². The van der Waals surface area contributed by atoms with Gasteiger partial charge in [0.05, 0.1) is 11.1 Å². The predicted molar refractivity (Wildman–Crippen MR) is 89.4 cm³/mol. The molecule has 5 heteroatoms. The number of unbranched alkanes of at least 4 members (excludes halogenated alkanes) is 1. The van der Waals surface area contributed by atoms with E-state index in [-0.39, 0.29) is 23.1 Å². The van der Waals surface area contributed by atoms with Gasteiger partial charge in [0.25, 0.3) is 0 Å². The molecule has 1 aromatic rings. The van der Waals surface area contributed by atoms with Gasteiger partial charge in [-0.25, -0.2) is 9.59 Å². The third kappa shape index (κ3) is 4.83. The third-order valence-electron chi connectivity index (χ3n) is 3.59. The molecule has 4 nitrogen and oxygen atoms in total. The van der Waals surface area contributed by atoms with Crippen LogP contribution in [-0.2, 0) is 4.74 Å². The maximum absolute atomic E-state index is 12.4. The number of carboxylic acids is 1. The van der Waals surface area contributed by atoms with E-state index in [0.29, 0.717) is 4.47 Å². The Balaban J connectivity index is 3.06. The lowest BCUT2D eigenvalue weighted by Gasteiger charge is -2.22. The molecule has 22 heavy (non-hydrogen) atoms. The molecule has 1 aromatic carbocycles. The average molecular weight is 371 g/mol. The highest BCUT2D eigenvalue weighted by Crippen LogP contribution is 2.24. The number of hydrogen-bond acceptors (Lipinski definition) is 3. The molecule has 0 radical (unpaired) electrons. The van der Waals surface area contributed by atoms with Gasteiger partial charge in [0.15, 0.2) is 0 Å². The minimum absolute atomic E-state index is 0.0244. The van der Waals surface area contributed by atoms with Crippen LogP contribution in [0.3, 0.4) is 0 Å². The van der Waals surface area contributed by atoms with E-state index in [1.807, 2.05) is 13.8 Å². The molecule has 0 fully saturated rings. The Morgan fingerprint density at radius 3 is 2.41 bits per heavy atom. The molecule has 0 amide bonds. The number of carboxylic acid groups (broad SMARTS) is 1. The molecule has 0 aliphatic carbocycles. The van der Waals surface area contributed by atoms with E-state index < -0.39 is 11.9 Å². The lowest BCUT2D eigenvalue weighted by atomic mass is 10.0. The molecular formula is C17H23BrO4. The Labute approximate surface area is 140 Å². The van der Waals surface area contributed by atoms with E-state index in [9.17, 15) is 14.7 Å². The second-order valence-electron chi connectivity index (χ2n) is 5.78. The van der Waals surface area contributed by atoms with Crippen molar-refractivity contribution in [2.45, 2.75) is 53.1 Å². The first-order valence-electron chi connectivity index (χ1n) is 7.52. The standard InChI is InChI=1S/C17H23BrO4/c1-5-6-7-15(10(2)3)22-17(21)13-9-14(18)11(4)8-12(13)16(19)20/h8-10,15H,5-7H2,1-4H3,(H,19,20). The third-order valence-corrected chi connectivity index (χ3v) is 4.45. The van der Waals surface area contributed by atoms with Crippen molar-refractivity contribution < 1.29 is 19.4 Å². The number of halogens is 1. The highest BCUT2D eigenvalue weighted by Gasteiger charge is 2.24. The molecule has 1 rings (SSSR count). The average Bonchev–Trinajstić information content (AvgIpc) is 2.44. The van der Waals surface area contributed by atoms with Crippen LogP contribution in [0.25, 0.3) is 0 Å². The van der Waals surface area contributed by atoms with Gasteiger partial charge in [-0.05, 0) is 37.0 Å². The maximum atomic E-state index is 12.4. The van der Waals surface area contributed by atoms with Crippen LogP contribution < -0.4 is 0 Å². The number of ether oxygens (including phenoxy) is 1. The van der Waals surface area contributed by atoms with Crippen molar-refractivity contribution in [2.75, 3.05) is 0 Å². The summed E-state index contributed by atoms with van der Waals surface area (Å²) < 4.78 is 6.26. The summed E-state index contributed by atoms with van der Waals surface area (Å²) in [6.45, 7) is 7.86. The predicted octanol–water partition coefficient (Wildman–Crippen LogP) is 4.83. The highest BCUT2D eigenvalue weighted by atomic mass is 79.9. The number of carbonyl (C=O) groups is 2. The van der Waals surface area contributed by atoms with Crippen molar-refractivity contribution in [1.29, 1.82) is 0 Å². The van der Waals surface area contributed by atoms with Crippen molar-refractivity contribution >= 4 is 27.9 Å². The van der Waals surface area contributed by atoms with Crippen LogP contribution >= 0.6 is 15.9 Å². The Bertz CT molecular complexity index is 552. The molecule has 1 unspecified atom stereocenters. The summed E-state index contributed by atoms with van der Waals surface area (Å²) in [4.78, 5) is 23.8. The zero-order valence-electron chi connectivity index (χ0n) is 13.5. The Kier molecular flexibility index (Phi) is 7.07. The van der Waals surface area contributed by atoms with Crippen molar-refractivity contribution in [3.8, 4) is 0 Å². The number of rotatable bonds is 7. The molecule has 1 atom stereocenters. The summed E-state index contributed by atoms with van der Waals surface area (Å²) in [6, 6.07) is 3.01. The molecule has 122 valence electrons. The quantitative estimate of drug-likeness (QED) is 0.698. The highest BCUT2D eigenvalue weighted by molar-refractivity contribution is 9.10. The van der Waals surface area contributed by atoms with Crippen LogP contribution in [0.4, 0.5) is 0 Å². The van der Waals surface area contributed by atoms with E-state index in [2.05, 4.69) is 22.9 Å². The van der Waals surface area contributed by atoms with Crippen LogP contribution in [0.1, 0.15) is 66.3 Å². The van der Waals surface area contributed by atoms with E-state index in [1.54, 1.807) is 6.92 Å².